The monoisotopic (exact) mass is 258 g/mol. The lowest BCUT2D eigenvalue weighted by Crippen LogP contribution is -2.10. The zero-order valence-electron chi connectivity index (χ0n) is 9.60. The topological polar surface area (TPSA) is 84.7 Å². The average Bonchev–Trinajstić information content (AvgIpc) is 2.69. The number of nitrogen functional groups attached to an aromatic ring is 1. The highest BCUT2D eigenvalue weighted by molar-refractivity contribution is 7.21. The lowest BCUT2D eigenvalue weighted by atomic mass is 10.1. The molecule has 3 aromatic rings. The molecule has 0 fully saturated rings. The van der Waals surface area contributed by atoms with Crippen molar-refractivity contribution in [3.8, 4) is 11.3 Å². The molecule has 5 nitrogen and oxygen atoms in total. The Kier molecular flexibility index (Phi) is 2.38. The zero-order chi connectivity index (χ0) is 12.7. The number of rotatable bonds is 1. The van der Waals surface area contributed by atoms with Crippen molar-refractivity contribution in [1.82, 2.24) is 15.0 Å². The van der Waals surface area contributed by atoms with Gasteiger partial charge in [0, 0.05) is 5.56 Å². The van der Waals surface area contributed by atoms with Crippen molar-refractivity contribution in [3.05, 3.63) is 40.3 Å². The maximum Gasteiger partial charge on any atom is 0.346 e. The molecule has 1 aromatic carbocycles. The minimum absolute atomic E-state index is 0.387. The summed E-state index contributed by atoms with van der Waals surface area (Å²) < 4.78 is 0. The number of aryl methyl sites for hydroxylation is 1. The Morgan fingerprint density at radius 2 is 1.94 bits per heavy atom. The highest BCUT2D eigenvalue weighted by Crippen LogP contribution is 2.28. The summed E-state index contributed by atoms with van der Waals surface area (Å²) in [6.07, 6.45) is 0. The number of hydrogen-bond donors (Lipinski definition) is 2. The summed E-state index contributed by atoms with van der Waals surface area (Å²) in [5.41, 5.74) is 8.64. The molecule has 3 rings (SSSR count). The van der Waals surface area contributed by atoms with Crippen molar-refractivity contribution in [2.24, 2.45) is 0 Å². The van der Waals surface area contributed by atoms with Crippen LogP contribution >= 0.6 is 11.3 Å². The number of fused-ring (bicyclic) bond motifs is 1. The summed E-state index contributed by atoms with van der Waals surface area (Å²) in [5, 5.41) is 0.407. The van der Waals surface area contributed by atoms with E-state index < -0.39 is 0 Å². The van der Waals surface area contributed by atoms with Crippen LogP contribution in [-0.2, 0) is 0 Å². The van der Waals surface area contributed by atoms with Crippen LogP contribution in [0.5, 0.6) is 0 Å². The van der Waals surface area contributed by atoms with Gasteiger partial charge in [0.05, 0.1) is 5.69 Å². The van der Waals surface area contributed by atoms with E-state index in [1.807, 2.05) is 31.2 Å². The second kappa shape index (κ2) is 3.92. The number of aromatic nitrogens is 3. The molecule has 0 unspecified atom stereocenters. The van der Waals surface area contributed by atoms with Gasteiger partial charge in [0.25, 0.3) is 0 Å². The minimum atomic E-state index is -0.387. The van der Waals surface area contributed by atoms with E-state index in [0.29, 0.717) is 21.2 Å². The first-order chi connectivity index (χ1) is 8.63. The normalized spacial score (nSPS) is 10.9. The molecule has 3 N–H and O–H groups in total. The standard InChI is InChI=1S/C12H10N4OS/c1-6-2-4-7(5-3-6)8-9-10(16-12(17)15-8)18-11(13)14-9/h2-5H,1H3,(H2,13,14)(H,15,16,17). The SMILES string of the molecule is Cc1ccc(-c2[nH]c(=O)nc3sc(N)nc23)cc1. The van der Waals surface area contributed by atoms with E-state index in [1.54, 1.807) is 0 Å². The lowest BCUT2D eigenvalue weighted by Gasteiger charge is -2.02. The third kappa shape index (κ3) is 1.76. The van der Waals surface area contributed by atoms with Gasteiger partial charge in [0.2, 0.25) is 0 Å². The van der Waals surface area contributed by atoms with Gasteiger partial charge in [-0.3, -0.25) is 0 Å². The first-order valence-corrected chi connectivity index (χ1v) is 6.18. The van der Waals surface area contributed by atoms with E-state index in [-0.39, 0.29) is 5.69 Å². The maximum atomic E-state index is 11.5. The molecule has 0 spiro atoms. The lowest BCUT2D eigenvalue weighted by molar-refractivity contribution is 1.12. The zero-order valence-corrected chi connectivity index (χ0v) is 10.4. The fraction of sp³-hybridized carbons (Fsp3) is 0.0833. The van der Waals surface area contributed by atoms with Gasteiger partial charge in [0.1, 0.15) is 5.52 Å². The summed E-state index contributed by atoms with van der Waals surface area (Å²) in [6, 6.07) is 7.84. The number of benzene rings is 1. The van der Waals surface area contributed by atoms with Crippen LogP contribution in [0.25, 0.3) is 21.6 Å². The number of aromatic amines is 1. The van der Waals surface area contributed by atoms with Crippen LogP contribution in [0.3, 0.4) is 0 Å². The van der Waals surface area contributed by atoms with Crippen molar-refractivity contribution < 1.29 is 0 Å². The highest BCUT2D eigenvalue weighted by Gasteiger charge is 2.11. The van der Waals surface area contributed by atoms with E-state index >= 15 is 0 Å². The first kappa shape index (κ1) is 10.9. The largest absolute Gasteiger partial charge is 0.375 e. The Morgan fingerprint density at radius 1 is 1.22 bits per heavy atom. The molecule has 0 aliphatic heterocycles. The highest BCUT2D eigenvalue weighted by atomic mass is 32.1. The Labute approximate surface area is 106 Å². The van der Waals surface area contributed by atoms with Crippen molar-refractivity contribution >= 4 is 26.8 Å². The van der Waals surface area contributed by atoms with Crippen LogP contribution in [0.4, 0.5) is 5.13 Å². The predicted molar refractivity (Wildman–Crippen MR) is 72.6 cm³/mol. The molecule has 18 heavy (non-hydrogen) atoms. The third-order valence-corrected chi connectivity index (χ3v) is 3.42. The van der Waals surface area contributed by atoms with Crippen LogP contribution < -0.4 is 11.4 Å². The van der Waals surface area contributed by atoms with E-state index in [2.05, 4.69) is 15.0 Å². The molecular weight excluding hydrogens is 248 g/mol. The first-order valence-electron chi connectivity index (χ1n) is 5.37. The van der Waals surface area contributed by atoms with Crippen molar-refractivity contribution in [2.75, 3.05) is 5.73 Å². The minimum Gasteiger partial charge on any atom is -0.375 e. The number of hydrogen-bond acceptors (Lipinski definition) is 5. The van der Waals surface area contributed by atoms with Crippen LogP contribution in [0.2, 0.25) is 0 Å². The molecule has 0 atom stereocenters. The summed E-state index contributed by atoms with van der Waals surface area (Å²) >= 11 is 1.21. The molecule has 0 amide bonds. The number of H-pyrrole nitrogens is 1. The molecule has 0 aliphatic carbocycles. The third-order valence-electron chi connectivity index (χ3n) is 2.64. The van der Waals surface area contributed by atoms with Crippen LogP contribution in [0.15, 0.2) is 29.1 Å². The molecule has 0 bridgehead atoms. The molecule has 0 aliphatic rings. The molecule has 6 heteroatoms. The number of anilines is 1. The Balaban J connectivity index is 2.33. The summed E-state index contributed by atoms with van der Waals surface area (Å²) in [7, 11) is 0. The summed E-state index contributed by atoms with van der Waals surface area (Å²) in [4.78, 5) is 22.9. The van der Waals surface area contributed by atoms with Gasteiger partial charge in [-0.05, 0) is 6.92 Å². The molecule has 2 aromatic heterocycles. The fourth-order valence-electron chi connectivity index (χ4n) is 1.78. The van der Waals surface area contributed by atoms with Crippen molar-refractivity contribution in [1.29, 1.82) is 0 Å². The number of thiazole rings is 1. The average molecular weight is 258 g/mol. The number of nitrogens with zero attached hydrogens (tertiary/aromatic N) is 2. The van der Waals surface area contributed by atoms with Crippen LogP contribution in [0, 0.1) is 6.92 Å². The van der Waals surface area contributed by atoms with Gasteiger partial charge in [-0.15, -0.1) is 0 Å². The Morgan fingerprint density at radius 3 is 2.67 bits per heavy atom. The van der Waals surface area contributed by atoms with Gasteiger partial charge < -0.3 is 10.7 Å². The number of nitrogens with two attached hydrogens (primary N) is 1. The van der Waals surface area contributed by atoms with Crippen LogP contribution in [0.1, 0.15) is 5.56 Å². The molecule has 0 saturated heterocycles. The maximum absolute atomic E-state index is 11.5. The second-order valence-corrected chi connectivity index (χ2v) is 5.00. The fourth-order valence-corrected chi connectivity index (χ4v) is 2.49. The smallest absolute Gasteiger partial charge is 0.346 e. The van der Waals surface area contributed by atoms with E-state index in [0.717, 1.165) is 11.1 Å². The summed E-state index contributed by atoms with van der Waals surface area (Å²) in [5.74, 6) is 0. The number of nitrogens with one attached hydrogen (secondary N) is 1. The van der Waals surface area contributed by atoms with E-state index in [4.69, 9.17) is 5.73 Å². The van der Waals surface area contributed by atoms with Gasteiger partial charge >= 0.3 is 5.69 Å². The Bertz CT molecular complexity index is 773. The van der Waals surface area contributed by atoms with Crippen molar-refractivity contribution in [3.63, 3.8) is 0 Å². The van der Waals surface area contributed by atoms with Crippen LogP contribution in [-0.4, -0.2) is 15.0 Å². The van der Waals surface area contributed by atoms with E-state index in [9.17, 15) is 4.79 Å². The van der Waals surface area contributed by atoms with Gasteiger partial charge in [0.15, 0.2) is 9.96 Å². The Hall–Kier alpha value is -2.21. The second-order valence-electron chi connectivity index (χ2n) is 3.99. The van der Waals surface area contributed by atoms with Gasteiger partial charge in [-0.25, -0.2) is 9.78 Å². The molecule has 90 valence electrons. The molecule has 0 radical (unpaired) electrons. The molecular formula is C12H10N4OS. The molecule has 2 heterocycles. The molecule has 0 saturated carbocycles. The van der Waals surface area contributed by atoms with E-state index in [1.165, 1.54) is 11.3 Å². The van der Waals surface area contributed by atoms with Gasteiger partial charge in [-0.2, -0.15) is 4.98 Å². The summed E-state index contributed by atoms with van der Waals surface area (Å²) in [6.45, 7) is 2.01. The van der Waals surface area contributed by atoms with Gasteiger partial charge in [-0.1, -0.05) is 41.2 Å². The quantitative estimate of drug-likeness (QED) is 0.698. The van der Waals surface area contributed by atoms with Crippen molar-refractivity contribution in [2.45, 2.75) is 6.92 Å². The predicted octanol–water partition coefficient (Wildman–Crippen LogP) is 1.94.